The number of hydrogen-bond acceptors (Lipinski definition) is 4. The molecule has 15 heavy (non-hydrogen) atoms. The summed E-state index contributed by atoms with van der Waals surface area (Å²) in [5, 5.41) is 9.50. The molecule has 0 spiro atoms. The molecular formula is C10H9IN2O2. The molecule has 0 fully saturated rings. The van der Waals surface area contributed by atoms with Crippen LogP contribution in [0, 0.1) is 0 Å². The average molecular weight is 316 g/mol. The summed E-state index contributed by atoms with van der Waals surface area (Å²) < 4.78 is 4.36. The van der Waals surface area contributed by atoms with E-state index in [1.165, 1.54) is 7.11 Å². The first kappa shape index (κ1) is 10.6. The topological polar surface area (TPSA) is 55.2 Å². The summed E-state index contributed by atoms with van der Waals surface area (Å²) in [5.41, 5.74) is 1.97. The molecule has 0 aliphatic heterocycles. The number of aliphatic hydroxyl groups excluding tert-OH is 1. The number of aliphatic hydroxyl groups is 1. The van der Waals surface area contributed by atoms with Crippen LogP contribution in [0.1, 0.15) is 9.80 Å². The zero-order chi connectivity index (χ0) is 10.8. The quantitative estimate of drug-likeness (QED) is 0.681. The fourth-order valence-corrected chi connectivity index (χ4v) is 1.71. The number of fused-ring (bicyclic) bond motifs is 1. The monoisotopic (exact) mass is 316 g/mol. The zero-order valence-electron chi connectivity index (χ0n) is 8.01. The van der Waals surface area contributed by atoms with E-state index < -0.39 is 4.11 Å². The molecule has 4 nitrogen and oxygen atoms in total. The molecule has 1 aromatic carbocycles. The highest BCUT2D eigenvalue weighted by Gasteiger charge is 2.14. The van der Waals surface area contributed by atoms with E-state index in [1.54, 1.807) is 0 Å². The Kier molecular flexibility index (Phi) is 3.01. The van der Waals surface area contributed by atoms with Gasteiger partial charge in [-0.3, -0.25) is 0 Å². The SMILES string of the molecule is COc1nc2ccccc2nc1C(O)I. The summed E-state index contributed by atoms with van der Waals surface area (Å²) >= 11 is 1.86. The smallest absolute Gasteiger partial charge is 0.239 e. The molecule has 0 amide bonds. The second-order valence-electron chi connectivity index (χ2n) is 2.94. The predicted molar refractivity (Wildman–Crippen MR) is 65.1 cm³/mol. The van der Waals surface area contributed by atoms with E-state index in [9.17, 15) is 5.11 Å². The third-order valence-corrected chi connectivity index (χ3v) is 2.57. The van der Waals surface area contributed by atoms with E-state index in [-0.39, 0.29) is 0 Å². The van der Waals surface area contributed by atoms with Crippen molar-refractivity contribution in [2.24, 2.45) is 0 Å². The van der Waals surface area contributed by atoms with Crippen molar-refractivity contribution in [3.05, 3.63) is 30.0 Å². The summed E-state index contributed by atoms with van der Waals surface area (Å²) in [7, 11) is 1.52. The van der Waals surface area contributed by atoms with Gasteiger partial charge in [0.05, 0.1) is 18.1 Å². The molecule has 1 heterocycles. The van der Waals surface area contributed by atoms with E-state index >= 15 is 0 Å². The predicted octanol–water partition coefficient (Wildman–Crippen LogP) is 2.06. The Morgan fingerprint density at radius 2 is 1.87 bits per heavy atom. The van der Waals surface area contributed by atoms with Crippen LogP contribution in [0.15, 0.2) is 24.3 Å². The van der Waals surface area contributed by atoms with Crippen LogP contribution in [-0.2, 0) is 0 Å². The molecule has 0 saturated heterocycles. The van der Waals surface area contributed by atoms with Crippen molar-refractivity contribution in [3.8, 4) is 5.88 Å². The summed E-state index contributed by atoms with van der Waals surface area (Å²) in [5.74, 6) is 0.371. The lowest BCUT2D eigenvalue weighted by Gasteiger charge is -2.08. The molecular weight excluding hydrogens is 307 g/mol. The minimum absolute atomic E-state index is 0.371. The summed E-state index contributed by atoms with van der Waals surface area (Å²) in [6, 6.07) is 7.47. The van der Waals surface area contributed by atoms with Crippen LogP contribution in [0.3, 0.4) is 0 Å². The molecule has 1 unspecified atom stereocenters. The average Bonchev–Trinajstić information content (AvgIpc) is 2.27. The van der Waals surface area contributed by atoms with Crippen LogP contribution >= 0.6 is 22.6 Å². The van der Waals surface area contributed by atoms with Crippen molar-refractivity contribution in [2.45, 2.75) is 4.11 Å². The van der Waals surface area contributed by atoms with Crippen molar-refractivity contribution in [1.29, 1.82) is 0 Å². The standard InChI is InChI=1S/C10H9IN2O2/c1-15-10-8(9(11)14)12-6-4-2-3-5-7(6)13-10/h2-5,9,14H,1H3. The largest absolute Gasteiger partial charge is 0.480 e. The van der Waals surface area contributed by atoms with Crippen LogP contribution in [0.4, 0.5) is 0 Å². The van der Waals surface area contributed by atoms with Gasteiger partial charge < -0.3 is 9.84 Å². The van der Waals surface area contributed by atoms with Crippen molar-refractivity contribution < 1.29 is 9.84 Å². The third-order valence-electron chi connectivity index (χ3n) is 1.98. The van der Waals surface area contributed by atoms with Gasteiger partial charge in [0.15, 0.2) is 4.11 Å². The number of halogens is 1. The molecule has 2 aromatic rings. The minimum Gasteiger partial charge on any atom is -0.480 e. The first-order chi connectivity index (χ1) is 7.22. The summed E-state index contributed by atoms with van der Waals surface area (Å²) in [4.78, 5) is 8.57. The molecule has 5 heteroatoms. The zero-order valence-corrected chi connectivity index (χ0v) is 10.2. The van der Waals surface area contributed by atoms with Gasteiger partial charge in [-0.25, -0.2) is 9.97 Å². The number of para-hydroxylation sites is 2. The Morgan fingerprint density at radius 3 is 2.40 bits per heavy atom. The molecule has 0 radical (unpaired) electrons. The lowest BCUT2D eigenvalue weighted by Crippen LogP contribution is -2.01. The van der Waals surface area contributed by atoms with Gasteiger partial charge in [0.25, 0.3) is 0 Å². The Labute approximate surface area is 100 Å². The number of nitrogens with zero attached hydrogens (tertiary/aromatic N) is 2. The van der Waals surface area contributed by atoms with E-state index in [0.29, 0.717) is 11.6 Å². The van der Waals surface area contributed by atoms with Gasteiger partial charge in [-0.15, -0.1) is 0 Å². The van der Waals surface area contributed by atoms with Crippen molar-refractivity contribution in [1.82, 2.24) is 9.97 Å². The molecule has 0 aliphatic rings. The number of ether oxygens (including phenoxy) is 1. The van der Waals surface area contributed by atoms with Gasteiger partial charge in [-0.1, -0.05) is 12.1 Å². The van der Waals surface area contributed by atoms with Crippen molar-refractivity contribution in [2.75, 3.05) is 7.11 Å². The number of benzene rings is 1. The van der Waals surface area contributed by atoms with Gasteiger partial charge in [-0.05, 0) is 34.7 Å². The third kappa shape index (κ3) is 2.03. The molecule has 1 atom stereocenters. The number of aromatic nitrogens is 2. The number of rotatable bonds is 2. The highest BCUT2D eigenvalue weighted by Crippen LogP contribution is 2.27. The fourth-order valence-electron chi connectivity index (χ4n) is 1.30. The van der Waals surface area contributed by atoms with Gasteiger partial charge >= 0.3 is 0 Å². The van der Waals surface area contributed by atoms with Crippen LogP contribution in [0.5, 0.6) is 5.88 Å². The maximum atomic E-state index is 9.50. The van der Waals surface area contributed by atoms with Crippen LogP contribution in [0.2, 0.25) is 0 Å². The fraction of sp³-hybridized carbons (Fsp3) is 0.200. The number of hydrogen-bond donors (Lipinski definition) is 1. The second-order valence-corrected chi connectivity index (χ2v) is 4.12. The Morgan fingerprint density at radius 1 is 1.27 bits per heavy atom. The first-order valence-corrected chi connectivity index (χ1v) is 5.59. The van der Waals surface area contributed by atoms with Gasteiger partial charge in [0.1, 0.15) is 5.69 Å². The van der Waals surface area contributed by atoms with Gasteiger partial charge in [0, 0.05) is 0 Å². The normalized spacial score (nSPS) is 12.7. The van der Waals surface area contributed by atoms with Gasteiger partial charge in [0.2, 0.25) is 5.88 Å². The van der Waals surface area contributed by atoms with Gasteiger partial charge in [-0.2, -0.15) is 0 Å². The Hall–Kier alpha value is -0.950. The highest BCUT2D eigenvalue weighted by molar-refractivity contribution is 14.1. The Balaban J connectivity index is 2.69. The van der Waals surface area contributed by atoms with E-state index in [0.717, 1.165) is 11.0 Å². The maximum Gasteiger partial charge on any atom is 0.239 e. The number of alkyl halides is 1. The molecule has 0 bridgehead atoms. The van der Waals surface area contributed by atoms with Crippen LogP contribution in [-0.4, -0.2) is 22.2 Å². The lowest BCUT2D eigenvalue weighted by molar-refractivity contribution is 0.271. The molecule has 1 N–H and O–H groups in total. The molecule has 0 saturated carbocycles. The van der Waals surface area contributed by atoms with E-state index in [1.807, 2.05) is 46.9 Å². The molecule has 0 aliphatic carbocycles. The summed E-state index contributed by atoms with van der Waals surface area (Å²) in [6.07, 6.45) is 0. The lowest BCUT2D eigenvalue weighted by atomic mass is 10.3. The Bertz CT molecular complexity index is 488. The van der Waals surface area contributed by atoms with E-state index in [2.05, 4.69) is 9.97 Å². The van der Waals surface area contributed by atoms with Crippen LogP contribution < -0.4 is 4.74 Å². The minimum atomic E-state index is -0.713. The maximum absolute atomic E-state index is 9.50. The van der Waals surface area contributed by atoms with E-state index in [4.69, 9.17) is 4.74 Å². The molecule has 1 aromatic heterocycles. The highest BCUT2D eigenvalue weighted by atomic mass is 127. The first-order valence-electron chi connectivity index (χ1n) is 4.35. The van der Waals surface area contributed by atoms with Crippen molar-refractivity contribution in [3.63, 3.8) is 0 Å². The molecule has 78 valence electrons. The number of methoxy groups -OCH3 is 1. The molecule has 2 rings (SSSR count). The van der Waals surface area contributed by atoms with Crippen molar-refractivity contribution >= 4 is 33.6 Å². The summed E-state index contributed by atoms with van der Waals surface area (Å²) in [6.45, 7) is 0. The van der Waals surface area contributed by atoms with Crippen LogP contribution in [0.25, 0.3) is 11.0 Å². The second kappa shape index (κ2) is 4.28.